The molecular formula is C23H32N6O3. The number of fused-ring (bicyclic) bond motifs is 1. The minimum absolute atomic E-state index is 0.233. The third-order valence-corrected chi connectivity index (χ3v) is 5.12. The molecule has 4 N–H and O–H groups in total. The fourth-order valence-corrected chi connectivity index (χ4v) is 3.53. The number of amides is 1. The molecule has 3 aromatic rings. The Bertz CT molecular complexity index is 1000. The Morgan fingerprint density at radius 2 is 1.72 bits per heavy atom. The number of hydrogen-bond acceptors (Lipinski definition) is 7. The van der Waals surface area contributed by atoms with Gasteiger partial charge >= 0.3 is 0 Å². The first kappa shape index (κ1) is 25.0. The number of carbonyl (C=O) groups excluding carboxylic acids is 2. The third-order valence-electron chi connectivity index (χ3n) is 5.12. The van der Waals surface area contributed by atoms with Gasteiger partial charge in [0.15, 0.2) is 5.65 Å². The fourth-order valence-electron chi connectivity index (χ4n) is 3.53. The van der Waals surface area contributed by atoms with Crippen molar-refractivity contribution < 1.29 is 14.7 Å². The van der Waals surface area contributed by atoms with Gasteiger partial charge in [-0.25, -0.2) is 4.98 Å². The third kappa shape index (κ3) is 5.89. The number of nitrogens with one attached hydrogen (secondary N) is 1. The Balaban J connectivity index is 0.000000860. The highest BCUT2D eigenvalue weighted by molar-refractivity contribution is 6.04. The number of anilines is 2. The summed E-state index contributed by atoms with van der Waals surface area (Å²) in [7, 11) is 1.50. The predicted molar refractivity (Wildman–Crippen MR) is 126 cm³/mol. The second-order valence-corrected chi connectivity index (χ2v) is 7.74. The van der Waals surface area contributed by atoms with Gasteiger partial charge in [0.25, 0.3) is 5.91 Å². The molecule has 0 aliphatic carbocycles. The number of hydrogen-bond donors (Lipinski definition) is 3. The minimum Gasteiger partial charge on any atom is -0.386 e. The number of nitrogens with two attached hydrogens (primary N) is 1. The van der Waals surface area contributed by atoms with Gasteiger partial charge in [-0.3, -0.25) is 4.79 Å². The highest BCUT2D eigenvalue weighted by Crippen LogP contribution is 2.24. The molecule has 0 radical (unpaired) electrons. The molecule has 0 spiro atoms. The molecule has 4 rings (SSSR count). The second kappa shape index (κ2) is 11.4. The Labute approximate surface area is 188 Å². The quantitative estimate of drug-likeness (QED) is 0.569. The highest BCUT2D eigenvalue weighted by Gasteiger charge is 2.19. The van der Waals surface area contributed by atoms with Gasteiger partial charge in [-0.1, -0.05) is 12.1 Å². The van der Waals surface area contributed by atoms with E-state index in [4.69, 9.17) is 4.79 Å². The molecule has 9 heteroatoms. The molecule has 1 saturated heterocycles. The van der Waals surface area contributed by atoms with E-state index in [0.717, 1.165) is 37.3 Å². The van der Waals surface area contributed by atoms with Crippen LogP contribution in [0, 0.1) is 0 Å². The zero-order chi connectivity index (χ0) is 23.7. The van der Waals surface area contributed by atoms with E-state index < -0.39 is 5.60 Å². The Kier molecular flexibility index (Phi) is 8.86. The topological polar surface area (TPSA) is 126 Å². The fraction of sp³-hybridized carbons (Fsp3) is 0.391. The predicted octanol–water partition coefficient (Wildman–Crippen LogP) is 2.59. The molecule has 1 aliphatic rings. The maximum atomic E-state index is 12.7. The monoisotopic (exact) mass is 440 g/mol. The van der Waals surface area contributed by atoms with Crippen molar-refractivity contribution in [2.45, 2.75) is 38.7 Å². The van der Waals surface area contributed by atoms with Crippen LogP contribution >= 0.6 is 0 Å². The van der Waals surface area contributed by atoms with E-state index in [0.29, 0.717) is 17.0 Å². The summed E-state index contributed by atoms with van der Waals surface area (Å²) in [5.74, 6) is 1.22. The van der Waals surface area contributed by atoms with Crippen molar-refractivity contribution >= 4 is 30.0 Å². The summed E-state index contributed by atoms with van der Waals surface area (Å²) >= 11 is 0. The van der Waals surface area contributed by atoms with E-state index in [9.17, 15) is 9.90 Å². The Morgan fingerprint density at radius 1 is 1.09 bits per heavy atom. The second-order valence-electron chi connectivity index (χ2n) is 7.74. The SMILES string of the molecule is C=O.CC(C)(O)c1ccc(C(=O)Nc2cc(N3CCCCC3)n3nccc3n2)cc1.CN. The molecule has 32 heavy (non-hydrogen) atoms. The largest absolute Gasteiger partial charge is 0.386 e. The van der Waals surface area contributed by atoms with Gasteiger partial charge in [-0.15, -0.1) is 0 Å². The summed E-state index contributed by atoms with van der Waals surface area (Å²) in [6.45, 7) is 7.39. The molecule has 3 heterocycles. The maximum Gasteiger partial charge on any atom is 0.256 e. The molecule has 0 saturated carbocycles. The van der Waals surface area contributed by atoms with Crippen molar-refractivity contribution in [1.29, 1.82) is 0 Å². The molecule has 1 aliphatic heterocycles. The Morgan fingerprint density at radius 3 is 2.31 bits per heavy atom. The zero-order valence-corrected chi connectivity index (χ0v) is 18.9. The van der Waals surface area contributed by atoms with Gasteiger partial charge < -0.3 is 25.9 Å². The zero-order valence-electron chi connectivity index (χ0n) is 18.9. The normalized spacial score (nSPS) is 13.5. The summed E-state index contributed by atoms with van der Waals surface area (Å²) in [6, 6.07) is 10.7. The molecule has 9 nitrogen and oxygen atoms in total. The van der Waals surface area contributed by atoms with Gasteiger partial charge in [0.1, 0.15) is 18.4 Å². The van der Waals surface area contributed by atoms with Crippen LogP contribution in [0.5, 0.6) is 0 Å². The van der Waals surface area contributed by atoms with Crippen LogP contribution in [0.1, 0.15) is 49.0 Å². The van der Waals surface area contributed by atoms with E-state index in [1.165, 1.54) is 13.5 Å². The van der Waals surface area contributed by atoms with Crippen molar-refractivity contribution in [3.8, 4) is 0 Å². The number of rotatable bonds is 4. The molecule has 0 unspecified atom stereocenters. The van der Waals surface area contributed by atoms with Crippen molar-refractivity contribution in [1.82, 2.24) is 14.6 Å². The number of benzene rings is 1. The van der Waals surface area contributed by atoms with Crippen molar-refractivity contribution in [3.63, 3.8) is 0 Å². The van der Waals surface area contributed by atoms with E-state index >= 15 is 0 Å². The molecule has 2 aromatic heterocycles. The number of nitrogens with zero attached hydrogens (tertiary/aromatic N) is 4. The molecule has 0 atom stereocenters. The molecule has 172 valence electrons. The lowest BCUT2D eigenvalue weighted by Gasteiger charge is -2.29. The minimum atomic E-state index is -0.938. The number of carbonyl (C=O) groups is 2. The van der Waals surface area contributed by atoms with E-state index in [-0.39, 0.29) is 5.91 Å². The first-order valence-corrected chi connectivity index (χ1v) is 10.5. The van der Waals surface area contributed by atoms with Gasteiger partial charge in [0.05, 0.1) is 11.8 Å². The van der Waals surface area contributed by atoms with Crippen LogP contribution in [0.3, 0.4) is 0 Å². The molecular weight excluding hydrogens is 408 g/mol. The van der Waals surface area contributed by atoms with Crippen molar-refractivity contribution in [3.05, 3.63) is 53.7 Å². The molecule has 1 fully saturated rings. The summed E-state index contributed by atoms with van der Waals surface area (Å²) in [4.78, 5) is 27.5. The van der Waals surface area contributed by atoms with E-state index in [1.54, 1.807) is 44.3 Å². The van der Waals surface area contributed by atoms with Crippen LogP contribution in [-0.2, 0) is 10.4 Å². The van der Waals surface area contributed by atoms with Gasteiger partial charge in [-0.05, 0) is 57.9 Å². The summed E-state index contributed by atoms with van der Waals surface area (Å²) in [5.41, 5.74) is 5.54. The lowest BCUT2D eigenvalue weighted by molar-refractivity contribution is -0.0980. The van der Waals surface area contributed by atoms with Crippen LogP contribution in [0.2, 0.25) is 0 Å². The summed E-state index contributed by atoms with van der Waals surface area (Å²) in [5, 5.41) is 17.3. The summed E-state index contributed by atoms with van der Waals surface area (Å²) < 4.78 is 1.82. The molecule has 0 bridgehead atoms. The van der Waals surface area contributed by atoms with Crippen LogP contribution in [-0.4, -0.2) is 52.5 Å². The van der Waals surface area contributed by atoms with Crippen LogP contribution in [0.4, 0.5) is 11.6 Å². The molecule has 1 amide bonds. The van der Waals surface area contributed by atoms with Gasteiger partial charge in [0.2, 0.25) is 0 Å². The summed E-state index contributed by atoms with van der Waals surface area (Å²) in [6.07, 6.45) is 5.27. The first-order chi connectivity index (χ1) is 15.4. The van der Waals surface area contributed by atoms with Gasteiger partial charge in [-0.2, -0.15) is 9.61 Å². The number of aromatic nitrogens is 3. The van der Waals surface area contributed by atoms with E-state index in [2.05, 4.69) is 26.0 Å². The lowest BCUT2D eigenvalue weighted by Crippen LogP contribution is -2.31. The lowest BCUT2D eigenvalue weighted by atomic mass is 9.97. The van der Waals surface area contributed by atoms with Crippen molar-refractivity contribution in [2.75, 3.05) is 30.4 Å². The van der Waals surface area contributed by atoms with Crippen LogP contribution in [0.25, 0.3) is 5.65 Å². The maximum absolute atomic E-state index is 12.7. The van der Waals surface area contributed by atoms with Crippen molar-refractivity contribution in [2.24, 2.45) is 5.73 Å². The Hall–Kier alpha value is -3.30. The average molecular weight is 441 g/mol. The van der Waals surface area contributed by atoms with Gasteiger partial charge in [0, 0.05) is 30.8 Å². The van der Waals surface area contributed by atoms with Crippen LogP contribution in [0.15, 0.2) is 42.6 Å². The number of aliphatic hydroxyl groups is 1. The highest BCUT2D eigenvalue weighted by atomic mass is 16.3. The average Bonchev–Trinajstić information content (AvgIpc) is 3.30. The smallest absolute Gasteiger partial charge is 0.256 e. The van der Waals surface area contributed by atoms with Crippen LogP contribution < -0.4 is 16.0 Å². The standard InChI is InChI=1S/C21H25N5O2.CH5N.CH2O/c1-21(2,28)16-8-6-15(7-9-16)20(27)24-17-14-19(25-12-4-3-5-13-25)26-18(23-17)10-11-22-26;2*1-2/h6-11,14,28H,3-5,12-13H2,1-2H3,(H,23,24,27);2H2,1H3;1H2. The molecule has 1 aromatic carbocycles. The first-order valence-electron chi connectivity index (χ1n) is 10.5. The number of piperidine rings is 1. The van der Waals surface area contributed by atoms with E-state index in [1.807, 2.05) is 23.4 Å².